The van der Waals surface area contributed by atoms with Crippen LogP contribution in [-0.2, 0) is 40.9 Å². The highest BCUT2D eigenvalue weighted by Gasteiger charge is 2.21. The summed E-state index contributed by atoms with van der Waals surface area (Å²) < 4.78 is 0. The number of aromatic hydroxyl groups is 2. The maximum atomic E-state index is 12.3. The van der Waals surface area contributed by atoms with E-state index >= 15 is 0 Å². The van der Waals surface area contributed by atoms with Gasteiger partial charge in [-0.15, -0.1) is 13.2 Å². The number of benzene rings is 4. The van der Waals surface area contributed by atoms with Crippen molar-refractivity contribution in [1.29, 1.82) is 0 Å². The van der Waals surface area contributed by atoms with Gasteiger partial charge in [-0.3, -0.25) is 29.2 Å². The Bertz CT molecular complexity index is 2120. The fourth-order valence-corrected chi connectivity index (χ4v) is 7.32. The number of phenolic OH excluding ortho intramolecular Hbond substituents is 2. The normalized spacial score (nSPS) is 15.5. The summed E-state index contributed by atoms with van der Waals surface area (Å²) in [6, 6.07) is 30.2. The van der Waals surface area contributed by atoms with Gasteiger partial charge in [-0.2, -0.15) is 10.2 Å². The average Bonchev–Trinajstić information content (AvgIpc) is 3.25. The Labute approximate surface area is 367 Å². The van der Waals surface area contributed by atoms with Gasteiger partial charge in [0.2, 0.25) is 0 Å². The van der Waals surface area contributed by atoms with Gasteiger partial charge in [-0.25, -0.2) is 10.9 Å². The molecular formula is C50H64N8O4. The Morgan fingerprint density at radius 2 is 0.984 bits per heavy atom. The summed E-state index contributed by atoms with van der Waals surface area (Å²) in [4.78, 5) is 33.6. The zero-order valence-electron chi connectivity index (χ0n) is 36.7. The van der Waals surface area contributed by atoms with E-state index in [1.54, 1.807) is 24.3 Å². The maximum Gasteiger partial charge on any atom is 0.254 e. The molecule has 2 aliphatic rings. The first-order chi connectivity index (χ1) is 29.9. The Morgan fingerprint density at radius 3 is 1.39 bits per heavy atom. The van der Waals surface area contributed by atoms with E-state index in [9.17, 15) is 19.8 Å². The first-order valence-electron chi connectivity index (χ1n) is 21.4. The molecule has 0 radical (unpaired) electrons. The molecule has 0 bridgehead atoms. The molecule has 0 spiro atoms. The molecule has 12 nitrogen and oxygen atoms in total. The Balaban J connectivity index is 0.000000236. The smallest absolute Gasteiger partial charge is 0.254 e. The Morgan fingerprint density at radius 1 is 0.581 bits per heavy atom. The van der Waals surface area contributed by atoms with Crippen molar-refractivity contribution in [3.8, 4) is 11.5 Å². The molecule has 0 aliphatic carbocycles. The number of hydrogen-bond acceptors (Lipinski definition) is 10. The third kappa shape index (κ3) is 15.2. The van der Waals surface area contributed by atoms with E-state index < -0.39 is 0 Å². The molecule has 2 aliphatic heterocycles. The number of hydrogen-bond donors (Lipinski definition) is 4. The second-order valence-electron chi connectivity index (χ2n) is 16.8. The molecule has 4 aromatic rings. The van der Waals surface area contributed by atoms with Crippen LogP contribution in [0.1, 0.15) is 59.7 Å². The first-order valence-corrected chi connectivity index (χ1v) is 21.4. The molecule has 0 aromatic heterocycles. The van der Waals surface area contributed by atoms with Crippen molar-refractivity contribution in [2.75, 3.05) is 65.4 Å². The standard InChI is InChI=1S/C27H36N4O2.C23H28N4O2/c1-5-7-22-8-6-9-23(26(22)33)18-28-29-25(32)20-31-16-14-30(15-17-31)19-21-10-12-24(13-11-21)27(2,3)4;1-2-7-20-10-6-11-21(23(20)29)16-24-25-22(28)18-27-14-12-26(13-15-27)17-19-8-4-3-5-9-19/h5-6,8-13,18,33H,1,7,14-17,19-20H2,2-4H3,(H,29,32);2-6,8-11,16,29H,1,7,12-15,17-18H2,(H,25,28)/b28-18+;24-16+. The third-order valence-electron chi connectivity index (χ3n) is 11.0. The number of rotatable bonds is 16. The van der Waals surface area contributed by atoms with Gasteiger partial charge in [0, 0.05) is 76.6 Å². The number of carbonyl (C=O) groups excluding carboxylic acids is 2. The van der Waals surface area contributed by atoms with E-state index in [1.807, 2.05) is 30.3 Å². The molecule has 0 unspecified atom stereocenters. The fraction of sp³-hybridized carbons (Fsp3) is 0.360. The van der Waals surface area contributed by atoms with E-state index in [1.165, 1.54) is 29.1 Å². The highest BCUT2D eigenvalue weighted by atomic mass is 16.3. The number of nitrogens with one attached hydrogen (secondary N) is 2. The van der Waals surface area contributed by atoms with Crippen LogP contribution in [0, 0.1) is 0 Å². The summed E-state index contributed by atoms with van der Waals surface area (Å²) in [7, 11) is 0. The lowest BCUT2D eigenvalue weighted by Gasteiger charge is -2.34. The SMILES string of the molecule is C=CCc1cccc(/C=N/NC(=O)CN2CCN(Cc3ccc(C(C)(C)C)cc3)CC2)c1O.C=CCc1cccc(/C=N/NC(=O)CN2CCN(Cc3ccccc3)CC2)c1O. The van der Waals surface area contributed by atoms with Gasteiger partial charge in [0.1, 0.15) is 11.5 Å². The molecule has 4 aromatic carbocycles. The number of hydrazone groups is 2. The summed E-state index contributed by atoms with van der Waals surface area (Å²) in [6.45, 7) is 23.7. The number of amides is 2. The maximum absolute atomic E-state index is 12.3. The predicted molar refractivity (Wildman–Crippen MR) is 251 cm³/mol. The topological polar surface area (TPSA) is 136 Å². The van der Waals surface area contributed by atoms with Crippen molar-refractivity contribution in [2.45, 2.75) is 52.1 Å². The summed E-state index contributed by atoms with van der Waals surface area (Å²) in [5.41, 5.74) is 12.0. The summed E-state index contributed by atoms with van der Waals surface area (Å²) in [5, 5.41) is 28.5. The lowest BCUT2D eigenvalue weighted by Crippen LogP contribution is -2.48. The van der Waals surface area contributed by atoms with Crippen LogP contribution in [0.15, 0.2) is 127 Å². The lowest BCUT2D eigenvalue weighted by atomic mass is 9.87. The van der Waals surface area contributed by atoms with Crippen molar-refractivity contribution in [1.82, 2.24) is 30.5 Å². The van der Waals surface area contributed by atoms with Gasteiger partial charge in [-0.1, -0.05) is 112 Å². The van der Waals surface area contributed by atoms with Crippen LogP contribution in [-0.4, -0.2) is 120 Å². The van der Waals surface area contributed by atoms with Crippen molar-refractivity contribution < 1.29 is 19.8 Å². The van der Waals surface area contributed by atoms with Gasteiger partial charge in [-0.05, 0) is 58.2 Å². The zero-order chi connectivity index (χ0) is 44.3. The zero-order valence-corrected chi connectivity index (χ0v) is 36.7. The van der Waals surface area contributed by atoms with Crippen LogP contribution in [0.4, 0.5) is 0 Å². The molecule has 6 rings (SSSR count). The number of nitrogens with zero attached hydrogens (tertiary/aromatic N) is 6. The summed E-state index contributed by atoms with van der Waals surface area (Å²) in [6.07, 6.45) is 7.57. The second-order valence-corrected chi connectivity index (χ2v) is 16.8. The highest BCUT2D eigenvalue weighted by molar-refractivity contribution is 5.87. The monoisotopic (exact) mass is 841 g/mol. The highest BCUT2D eigenvalue weighted by Crippen LogP contribution is 2.24. The minimum atomic E-state index is -0.154. The van der Waals surface area contributed by atoms with Gasteiger partial charge < -0.3 is 10.2 Å². The van der Waals surface area contributed by atoms with Crippen LogP contribution in [0.5, 0.6) is 11.5 Å². The number of phenols is 2. The molecular weight excluding hydrogens is 777 g/mol. The van der Waals surface area contributed by atoms with Crippen molar-refractivity contribution in [3.05, 3.63) is 155 Å². The fourth-order valence-electron chi connectivity index (χ4n) is 7.32. The molecule has 2 saturated heterocycles. The minimum Gasteiger partial charge on any atom is -0.507 e. The molecule has 12 heteroatoms. The Kier molecular flexibility index (Phi) is 18.2. The molecule has 0 saturated carbocycles. The molecule has 2 heterocycles. The van der Waals surface area contributed by atoms with E-state index in [4.69, 9.17) is 0 Å². The van der Waals surface area contributed by atoms with E-state index in [-0.39, 0.29) is 28.7 Å². The van der Waals surface area contributed by atoms with Crippen LogP contribution in [0.2, 0.25) is 0 Å². The number of allylic oxidation sites excluding steroid dienone is 2. The molecule has 4 N–H and O–H groups in total. The van der Waals surface area contributed by atoms with Crippen molar-refractivity contribution in [3.63, 3.8) is 0 Å². The predicted octanol–water partition coefficient (Wildman–Crippen LogP) is 6.07. The summed E-state index contributed by atoms with van der Waals surface area (Å²) in [5.74, 6) is 0.0261. The molecule has 62 heavy (non-hydrogen) atoms. The van der Waals surface area contributed by atoms with Crippen LogP contribution in [0.25, 0.3) is 0 Å². The second kappa shape index (κ2) is 23.9. The largest absolute Gasteiger partial charge is 0.507 e. The first kappa shape index (κ1) is 47.1. The van der Waals surface area contributed by atoms with Crippen LogP contribution >= 0.6 is 0 Å². The van der Waals surface area contributed by atoms with Crippen molar-refractivity contribution in [2.24, 2.45) is 10.2 Å². The molecule has 2 amide bonds. The van der Waals surface area contributed by atoms with Crippen LogP contribution in [0.3, 0.4) is 0 Å². The number of piperazine rings is 2. The van der Waals surface area contributed by atoms with Gasteiger partial charge in [0.05, 0.1) is 25.5 Å². The van der Waals surface area contributed by atoms with Gasteiger partial charge >= 0.3 is 0 Å². The molecule has 328 valence electrons. The molecule has 2 fully saturated rings. The van der Waals surface area contributed by atoms with Gasteiger partial charge in [0.15, 0.2) is 0 Å². The van der Waals surface area contributed by atoms with E-state index in [2.05, 4.69) is 123 Å². The Hall–Kier alpha value is -5.92. The quantitative estimate of drug-likeness (QED) is 0.0607. The summed E-state index contributed by atoms with van der Waals surface area (Å²) >= 11 is 0. The third-order valence-corrected chi connectivity index (χ3v) is 11.0. The van der Waals surface area contributed by atoms with E-state index in [0.29, 0.717) is 37.1 Å². The van der Waals surface area contributed by atoms with Gasteiger partial charge in [0.25, 0.3) is 11.8 Å². The minimum absolute atomic E-state index is 0.153. The van der Waals surface area contributed by atoms with E-state index in [0.717, 1.165) is 76.6 Å². The lowest BCUT2D eigenvalue weighted by molar-refractivity contribution is -0.123. The number of carbonyl (C=O) groups is 2. The molecule has 0 atom stereocenters. The van der Waals surface area contributed by atoms with Crippen molar-refractivity contribution >= 4 is 24.2 Å². The number of para-hydroxylation sites is 2. The van der Waals surface area contributed by atoms with Crippen LogP contribution < -0.4 is 10.9 Å². The average molecular weight is 841 g/mol.